The topological polar surface area (TPSA) is 54.4 Å². The minimum Gasteiger partial charge on any atom is -0.286 e. The van der Waals surface area contributed by atoms with E-state index in [2.05, 4.69) is 0 Å². The minimum atomic E-state index is -9.69. The van der Waals surface area contributed by atoms with Crippen molar-refractivity contribution in [1.29, 1.82) is 0 Å². The van der Waals surface area contributed by atoms with Crippen LogP contribution in [0, 0.1) is 0 Å². The summed E-state index contributed by atoms with van der Waals surface area (Å²) in [4.78, 5) is 0. The Balaban J connectivity index is 4.54. The lowest BCUT2D eigenvalue weighted by Gasteiger charge is -2.39. The molecule has 3 nitrogen and oxygen atoms in total. The molecule has 0 fully saturated rings. The summed E-state index contributed by atoms with van der Waals surface area (Å²) in [6.45, 7) is 0. The average molecular weight is 236 g/mol. The zero-order chi connectivity index (χ0) is 10.3. The normalized spacial score (nSPS) is 19.8. The van der Waals surface area contributed by atoms with Crippen molar-refractivity contribution in [3.05, 3.63) is 0 Å². The van der Waals surface area contributed by atoms with Crippen molar-refractivity contribution < 1.29 is 32.4 Å². The summed E-state index contributed by atoms with van der Waals surface area (Å²) in [6, 6.07) is 0. The fourth-order valence-electron chi connectivity index (χ4n) is 0.263. The predicted octanol–water partition coefficient (Wildman–Crippen LogP) is 2.17. The SMILES string of the molecule is O=S(=O)(O)CCS(F)(F)(F)(F)F. The van der Waals surface area contributed by atoms with Gasteiger partial charge in [0, 0.05) is 0 Å². The highest BCUT2D eigenvalue weighted by Gasteiger charge is 2.63. The van der Waals surface area contributed by atoms with Gasteiger partial charge in [0.1, 0.15) is 5.75 Å². The van der Waals surface area contributed by atoms with E-state index in [1.54, 1.807) is 0 Å². The quantitative estimate of drug-likeness (QED) is 0.603. The summed E-state index contributed by atoms with van der Waals surface area (Å²) in [5.41, 5.74) is 0. The molecule has 1 N–H and O–H groups in total. The van der Waals surface area contributed by atoms with E-state index in [0.717, 1.165) is 0 Å². The summed E-state index contributed by atoms with van der Waals surface area (Å²) in [6.07, 6.45) is 0. The van der Waals surface area contributed by atoms with Gasteiger partial charge in [-0.2, -0.15) is 8.42 Å². The molecule has 0 aliphatic carbocycles. The Bertz CT molecular complexity index is 272. The van der Waals surface area contributed by atoms with Gasteiger partial charge >= 0.3 is 0 Å². The highest BCUT2D eigenvalue weighted by atomic mass is 32.5. The molecule has 0 saturated heterocycles. The van der Waals surface area contributed by atoms with Crippen LogP contribution in [-0.2, 0) is 10.1 Å². The molecule has 0 radical (unpaired) electrons. The summed E-state index contributed by atoms with van der Waals surface area (Å²) >= 11 is 0. The van der Waals surface area contributed by atoms with Crippen LogP contribution < -0.4 is 0 Å². The lowest BCUT2D eigenvalue weighted by molar-refractivity contribution is 0.365. The van der Waals surface area contributed by atoms with Crippen molar-refractivity contribution in [2.75, 3.05) is 11.5 Å². The second-order valence-electron chi connectivity index (χ2n) is 2.12. The standard InChI is InChI=1S/C2H5F5O3S2/c3-12(4,5,6,7)2-1-11(8,9)10/h1-2H2,(H,8,9,10). The Kier molecular flexibility index (Phi) is 2.03. The zero-order valence-corrected chi connectivity index (χ0v) is 7.02. The van der Waals surface area contributed by atoms with Gasteiger partial charge < -0.3 is 0 Å². The van der Waals surface area contributed by atoms with Gasteiger partial charge in [-0.3, -0.25) is 4.55 Å². The summed E-state index contributed by atoms with van der Waals surface area (Å²) in [7, 11) is -14.7. The van der Waals surface area contributed by atoms with E-state index >= 15 is 0 Å². The molecule has 0 spiro atoms. The molecule has 0 rings (SSSR count). The van der Waals surface area contributed by atoms with Crippen LogP contribution in [0.2, 0.25) is 0 Å². The molecule has 0 aromatic carbocycles. The van der Waals surface area contributed by atoms with E-state index in [0.29, 0.717) is 0 Å². The third-order valence-corrected chi connectivity index (χ3v) is 2.68. The maximum absolute atomic E-state index is 11.4. The van der Waals surface area contributed by atoms with Crippen molar-refractivity contribution in [3.8, 4) is 0 Å². The van der Waals surface area contributed by atoms with E-state index in [-0.39, 0.29) is 0 Å². The fourth-order valence-corrected chi connectivity index (χ4v) is 2.37. The van der Waals surface area contributed by atoms with Crippen molar-refractivity contribution in [1.82, 2.24) is 0 Å². The van der Waals surface area contributed by atoms with Crippen LogP contribution in [0.5, 0.6) is 0 Å². The monoisotopic (exact) mass is 236 g/mol. The molecule has 0 aromatic heterocycles. The van der Waals surface area contributed by atoms with E-state index in [4.69, 9.17) is 4.55 Å². The van der Waals surface area contributed by atoms with Crippen molar-refractivity contribution in [3.63, 3.8) is 0 Å². The summed E-state index contributed by atoms with van der Waals surface area (Å²) in [5, 5.41) is 0. The molecule has 0 bridgehead atoms. The van der Waals surface area contributed by atoms with E-state index in [1.165, 1.54) is 0 Å². The second-order valence-corrected chi connectivity index (χ2v) is 6.36. The van der Waals surface area contributed by atoms with Gasteiger partial charge in [-0.25, -0.2) is 0 Å². The molecule has 0 aliphatic rings. The Morgan fingerprint density at radius 2 is 1.42 bits per heavy atom. The highest BCUT2D eigenvalue weighted by Crippen LogP contribution is 2.97. The van der Waals surface area contributed by atoms with Crippen LogP contribution in [0.25, 0.3) is 0 Å². The van der Waals surface area contributed by atoms with E-state index in [1.807, 2.05) is 0 Å². The number of hydrogen-bond acceptors (Lipinski definition) is 2. The van der Waals surface area contributed by atoms with Crippen LogP contribution in [0.1, 0.15) is 0 Å². The van der Waals surface area contributed by atoms with E-state index in [9.17, 15) is 27.8 Å². The third kappa shape index (κ3) is 9.91. The molecule has 0 aliphatic heterocycles. The molecule has 0 heterocycles. The van der Waals surface area contributed by atoms with Crippen LogP contribution in [0.4, 0.5) is 19.4 Å². The number of hydrogen-bond donors (Lipinski definition) is 1. The van der Waals surface area contributed by atoms with Crippen molar-refractivity contribution in [2.24, 2.45) is 0 Å². The summed E-state index contributed by atoms with van der Waals surface area (Å²) in [5.74, 6) is -4.80. The first kappa shape index (κ1) is 11.9. The van der Waals surface area contributed by atoms with Crippen LogP contribution >= 0.6 is 10.2 Å². The first-order chi connectivity index (χ1) is 4.68. The van der Waals surface area contributed by atoms with Crippen molar-refractivity contribution in [2.45, 2.75) is 0 Å². The molecular weight excluding hydrogens is 231 g/mol. The molecule has 0 amide bonds. The average Bonchev–Trinajstić information content (AvgIpc) is 1.53. The van der Waals surface area contributed by atoms with Crippen LogP contribution in [0.15, 0.2) is 0 Å². The van der Waals surface area contributed by atoms with Crippen LogP contribution in [-0.4, -0.2) is 24.5 Å². The second kappa shape index (κ2) is 2.04. The molecule has 10 heteroatoms. The lowest BCUT2D eigenvalue weighted by atomic mass is 11.0. The predicted molar refractivity (Wildman–Crippen MR) is 34.4 cm³/mol. The highest BCUT2D eigenvalue weighted by molar-refractivity contribution is 8.46. The van der Waals surface area contributed by atoms with Gasteiger partial charge in [0.2, 0.25) is 0 Å². The first-order valence-electron chi connectivity index (χ1n) is 2.36. The fraction of sp³-hybridized carbons (Fsp3) is 1.00. The largest absolute Gasteiger partial charge is 0.286 e. The van der Waals surface area contributed by atoms with Gasteiger partial charge in [-0.15, -0.1) is 0 Å². The number of halogens is 5. The van der Waals surface area contributed by atoms with Crippen LogP contribution in [0.3, 0.4) is 0 Å². The lowest BCUT2D eigenvalue weighted by Crippen LogP contribution is -2.19. The maximum Gasteiger partial charge on any atom is 0.286 e. The summed E-state index contributed by atoms with van der Waals surface area (Å²) < 4.78 is 84.0. The van der Waals surface area contributed by atoms with E-state index < -0.39 is 31.8 Å². The molecule has 78 valence electrons. The Hall–Kier alpha value is -0.0900. The molecule has 0 saturated carbocycles. The Morgan fingerprint density at radius 3 is 1.50 bits per heavy atom. The Labute approximate surface area is 65.0 Å². The van der Waals surface area contributed by atoms with Gasteiger partial charge in [0.25, 0.3) is 20.3 Å². The molecule has 12 heavy (non-hydrogen) atoms. The van der Waals surface area contributed by atoms with Gasteiger partial charge in [-0.1, -0.05) is 19.4 Å². The first-order valence-corrected chi connectivity index (χ1v) is 6.09. The molecule has 0 aromatic rings. The van der Waals surface area contributed by atoms with Gasteiger partial charge in [-0.05, 0) is 0 Å². The smallest absolute Gasteiger partial charge is 0.286 e. The van der Waals surface area contributed by atoms with Gasteiger partial charge in [0.15, 0.2) is 0 Å². The van der Waals surface area contributed by atoms with Crippen molar-refractivity contribution >= 4 is 20.3 Å². The Morgan fingerprint density at radius 1 is 1.08 bits per heavy atom. The molecule has 0 atom stereocenters. The zero-order valence-electron chi connectivity index (χ0n) is 5.38. The third-order valence-electron chi connectivity index (χ3n) is 0.727. The van der Waals surface area contributed by atoms with Gasteiger partial charge in [0.05, 0.1) is 5.75 Å². The minimum absolute atomic E-state index is 2.01. The molecular formula is C2H5F5O3S2. The maximum atomic E-state index is 11.4. The molecule has 0 unspecified atom stereocenters. The number of rotatable bonds is 3.